The van der Waals surface area contributed by atoms with Crippen LogP contribution in [0.15, 0.2) is 46.9 Å². The largest absolute Gasteiger partial charge is 0.398 e. The van der Waals surface area contributed by atoms with E-state index in [-0.39, 0.29) is 0 Å². The zero-order chi connectivity index (χ0) is 14.5. The molecule has 0 heterocycles. The smallest absolute Gasteiger partial charge is 0.0991 e. The van der Waals surface area contributed by atoms with E-state index < -0.39 is 0 Å². The van der Waals surface area contributed by atoms with E-state index in [2.05, 4.69) is 40.0 Å². The molecular formula is C16H16BrN3. The van der Waals surface area contributed by atoms with Crippen molar-refractivity contribution in [3.63, 3.8) is 0 Å². The molecule has 20 heavy (non-hydrogen) atoms. The van der Waals surface area contributed by atoms with Gasteiger partial charge in [0.2, 0.25) is 0 Å². The summed E-state index contributed by atoms with van der Waals surface area (Å²) in [7, 11) is 2.05. The van der Waals surface area contributed by atoms with Crippen LogP contribution in [-0.4, -0.2) is 11.9 Å². The molecule has 0 atom stereocenters. The molecule has 0 amide bonds. The Morgan fingerprint density at radius 1 is 1.15 bits per heavy atom. The monoisotopic (exact) mass is 329 g/mol. The van der Waals surface area contributed by atoms with Gasteiger partial charge in [0.05, 0.1) is 11.6 Å². The van der Waals surface area contributed by atoms with E-state index in [4.69, 9.17) is 11.0 Å². The fourth-order valence-corrected chi connectivity index (χ4v) is 2.36. The third-order valence-corrected chi connectivity index (χ3v) is 3.74. The molecule has 0 aliphatic rings. The van der Waals surface area contributed by atoms with E-state index in [9.17, 15) is 0 Å². The Bertz CT molecular complexity index is 646. The minimum Gasteiger partial charge on any atom is -0.398 e. The summed E-state index contributed by atoms with van der Waals surface area (Å²) >= 11 is 3.40. The van der Waals surface area contributed by atoms with E-state index in [0.29, 0.717) is 5.56 Å². The lowest BCUT2D eigenvalue weighted by atomic mass is 10.1. The fourth-order valence-electron chi connectivity index (χ4n) is 2.11. The standard InChI is InChI=1S/C16H16BrN3/c1-20(10-13-4-2-3-12(7-13)9-18)11-14-5-6-15(17)16(19)8-14/h2-8H,10-11,19H2,1H3. The van der Waals surface area contributed by atoms with Crippen LogP contribution in [0.2, 0.25) is 0 Å². The van der Waals surface area contributed by atoms with Crippen LogP contribution in [-0.2, 0) is 13.1 Å². The molecule has 2 N–H and O–H groups in total. The predicted octanol–water partition coefficient (Wildman–Crippen LogP) is 3.53. The summed E-state index contributed by atoms with van der Waals surface area (Å²) in [6, 6.07) is 15.9. The van der Waals surface area contributed by atoms with Crippen molar-refractivity contribution in [1.29, 1.82) is 5.26 Å². The molecule has 0 saturated carbocycles. The number of halogens is 1. The molecule has 0 aliphatic carbocycles. The SMILES string of the molecule is CN(Cc1cccc(C#N)c1)Cc1ccc(Br)c(N)c1. The van der Waals surface area contributed by atoms with Gasteiger partial charge >= 0.3 is 0 Å². The second kappa shape index (κ2) is 6.56. The summed E-state index contributed by atoms with van der Waals surface area (Å²) in [6.07, 6.45) is 0. The van der Waals surface area contributed by atoms with Crippen molar-refractivity contribution in [2.45, 2.75) is 13.1 Å². The minimum absolute atomic E-state index is 0.698. The van der Waals surface area contributed by atoms with Crippen LogP contribution < -0.4 is 5.73 Å². The van der Waals surface area contributed by atoms with Gasteiger partial charge in [-0.2, -0.15) is 5.26 Å². The molecule has 2 aromatic carbocycles. The van der Waals surface area contributed by atoms with Crippen LogP contribution in [0.3, 0.4) is 0 Å². The van der Waals surface area contributed by atoms with Crippen molar-refractivity contribution < 1.29 is 0 Å². The molecule has 0 aromatic heterocycles. The number of rotatable bonds is 4. The van der Waals surface area contributed by atoms with Crippen LogP contribution in [0.4, 0.5) is 5.69 Å². The van der Waals surface area contributed by atoms with E-state index in [0.717, 1.165) is 28.8 Å². The Labute approximate surface area is 127 Å². The van der Waals surface area contributed by atoms with E-state index in [1.165, 1.54) is 5.56 Å². The first-order chi connectivity index (χ1) is 9.58. The molecule has 0 bridgehead atoms. The number of nitrogens with zero attached hydrogens (tertiary/aromatic N) is 2. The van der Waals surface area contributed by atoms with Crippen LogP contribution in [0.5, 0.6) is 0 Å². The number of hydrogen-bond acceptors (Lipinski definition) is 3. The van der Waals surface area contributed by atoms with Gasteiger partial charge in [-0.1, -0.05) is 18.2 Å². The van der Waals surface area contributed by atoms with Gasteiger partial charge in [-0.15, -0.1) is 0 Å². The van der Waals surface area contributed by atoms with Gasteiger partial charge in [-0.05, 0) is 58.4 Å². The van der Waals surface area contributed by atoms with Gasteiger partial charge in [-0.25, -0.2) is 0 Å². The lowest BCUT2D eigenvalue weighted by molar-refractivity contribution is 0.319. The van der Waals surface area contributed by atoms with Crippen molar-refractivity contribution in [3.8, 4) is 6.07 Å². The number of benzene rings is 2. The molecule has 0 spiro atoms. The highest BCUT2D eigenvalue weighted by molar-refractivity contribution is 9.10. The maximum atomic E-state index is 8.91. The number of nitriles is 1. The molecule has 3 nitrogen and oxygen atoms in total. The van der Waals surface area contributed by atoms with Gasteiger partial charge in [0, 0.05) is 23.2 Å². The lowest BCUT2D eigenvalue weighted by Crippen LogP contribution is -2.17. The third kappa shape index (κ3) is 3.83. The molecular weight excluding hydrogens is 314 g/mol. The lowest BCUT2D eigenvalue weighted by Gasteiger charge is -2.17. The topological polar surface area (TPSA) is 53.0 Å². The highest BCUT2D eigenvalue weighted by Crippen LogP contribution is 2.21. The van der Waals surface area contributed by atoms with Gasteiger partial charge < -0.3 is 5.73 Å². The molecule has 0 aliphatic heterocycles. The predicted molar refractivity (Wildman–Crippen MR) is 84.9 cm³/mol. The molecule has 0 fully saturated rings. The molecule has 0 saturated heterocycles. The Morgan fingerprint density at radius 2 is 1.85 bits per heavy atom. The first kappa shape index (κ1) is 14.6. The summed E-state index contributed by atoms with van der Waals surface area (Å²) in [5.74, 6) is 0. The summed E-state index contributed by atoms with van der Waals surface area (Å²) in [6.45, 7) is 1.61. The fraction of sp³-hybridized carbons (Fsp3) is 0.188. The van der Waals surface area contributed by atoms with Crippen molar-refractivity contribution >= 4 is 21.6 Å². The van der Waals surface area contributed by atoms with Gasteiger partial charge in [0.15, 0.2) is 0 Å². The molecule has 4 heteroatoms. The molecule has 102 valence electrons. The van der Waals surface area contributed by atoms with Crippen LogP contribution in [0.1, 0.15) is 16.7 Å². The van der Waals surface area contributed by atoms with Gasteiger partial charge in [0.25, 0.3) is 0 Å². The number of nitrogen functional groups attached to an aromatic ring is 1. The second-order valence-corrected chi connectivity index (χ2v) is 5.69. The Hall–Kier alpha value is -1.83. The van der Waals surface area contributed by atoms with E-state index in [1.807, 2.05) is 36.4 Å². The summed E-state index contributed by atoms with van der Waals surface area (Å²) in [5.41, 5.74) is 9.64. The highest BCUT2D eigenvalue weighted by atomic mass is 79.9. The number of hydrogen-bond donors (Lipinski definition) is 1. The van der Waals surface area contributed by atoms with Gasteiger partial charge in [-0.3, -0.25) is 4.90 Å². The average molecular weight is 330 g/mol. The number of anilines is 1. The summed E-state index contributed by atoms with van der Waals surface area (Å²) in [5, 5.41) is 8.91. The third-order valence-electron chi connectivity index (χ3n) is 3.02. The maximum absolute atomic E-state index is 8.91. The van der Waals surface area contributed by atoms with E-state index >= 15 is 0 Å². The van der Waals surface area contributed by atoms with Crippen molar-refractivity contribution in [1.82, 2.24) is 4.90 Å². The second-order valence-electron chi connectivity index (χ2n) is 4.84. The Kier molecular flexibility index (Phi) is 4.78. The summed E-state index contributed by atoms with van der Waals surface area (Å²) in [4.78, 5) is 2.19. The summed E-state index contributed by atoms with van der Waals surface area (Å²) < 4.78 is 0.922. The van der Waals surface area contributed by atoms with Crippen molar-refractivity contribution in [2.75, 3.05) is 12.8 Å². The molecule has 2 rings (SSSR count). The van der Waals surface area contributed by atoms with Crippen molar-refractivity contribution in [2.24, 2.45) is 0 Å². The maximum Gasteiger partial charge on any atom is 0.0991 e. The average Bonchev–Trinajstić information content (AvgIpc) is 2.43. The number of nitrogens with two attached hydrogens (primary N) is 1. The molecule has 0 radical (unpaired) electrons. The highest BCUT2D eigenvalue weighted by Gasteiger charge is 2.04. The van der Waals surface area contributed by atoms with Crippen LogP contribution in [0.25, 0.3) is 0 Å². The van der Waals surface area contributed by atoms with E-state index in [1.54, 1.807) is 0 Å². The van der Waals surface area contributed by atoms with Crippen LogP contribution >= 0.6 is 15.9 Å². The quantitative estimate of drug-likeness (QED) is 0.873. The first-order valence-electron chi connectivity index (χ1n) is 6.30. The first-order valence-corrected chi connectivity index (χ1v) is 7.09. The Morgan fingerprint density at radius 3 is 2.50 bits per heavy atom. The zero-order valence-corrected chi connectivity index (χ0v) is 12.9. The van der Waals surface area contributed by atoms with Crippen LogP contribution in [0, 0.1) is 11.3 Å². The zero-order valence-electron chi connectivity index (χ0n) is 11.3. The minimum atomic E-state index is 0.698. The van der Waals surface area contributed by atoms with Gasteiger partial charge in [0.1, 0.15) is 0 Å². The normalized spacial score (nSPS) is 10.5. The molecule has 0 unspecified atom stereocenters. The van der Waals surface area contributed by atoms with Crippen molar-refractivity contribution in [3.05, 3.63) is 63.6 Å². The molecule has 2 aromatic rings. The Balaban J connectivity index is 2.03.